The number of nitrogens with one attached hydrogen (secondary N) is 1. The van der Waals surface area contributed by atoms with Crippen molar-refractivity contribution in [3.8, 4) is 0 Å². The van der Waals surface area contributed by atoms with Crippen LogP contribution in [0.25, 0.3) is 0 Å². The third kappa shape index (κ3) is 4.10. The molecule has 24 heavy (non-hydrogen) atoms. The summed E-state index contributed by atoms with van der Waals surface area (Å²) < 4.78 is 1.85. The fourth-order valence-electron chi connectivity index (χ4n) is 2.53. The van der Waals surface area contributed by atoms with Crippen LogP contribution in [0.5, 0.6) is 0 Å². The minimum atomic E-state index is -0.111. The highest BCUT2D eigenvalue weighted by Gasteiger charge is 2.07. The molecule has 0 atom stereocenters. The molecule has 0 aliphatic carbocycles. The van der Waals surface area contributed by atoms with Gasteiger partial charge in [0.05, 0.1) is 11.9 Å². The van der Waals surface area contributed by atoms with Crippen molar-refractivity contribution in [2.45, 2.75) is 26.3 Å². The molecule has 0 unspecified atom stereocenters. The molecule has 4 nitrogen and oxygen atoms in total. The summed E-state index contributed by atoms with van der Waals surface area (Å²) in [7, 11) is 0. The highest BCUT2D eigenvalue weighted by Crippen LogP contribution is 2.11. The van der Waals surface area contributed by atoms with Gasteiger partial charge < -0.3 is 5.32 Å². The number of rotatable bonds is 6. The Morgan fingerprint density at radius 2 is 1.79 bits per heavy atom. The predicted octanol–water partition coefficient (Wildman–Crippen LogP) is 3.94. The number of carbonyl (C=O) groups is 1. The Bertz CT molecular complexity index is 791. The summed E-state index contributed by atoms with van der Waals surface area (Å²) in [6, 6.07) is 18.0. The molecule has 0 saturated heterocycles. The molecule has 0 aliphatic rings. The lowest BCUT2D eigenvalue weighted by atomic mass is 10.1. The normalized spacial score (nSPS) is 10.5. The zero-order valence-corrected chi connectivity index (χ0v) is 13.8. The van der Waals surface area contributed by atoms with Crippen LogP contribution in [0.15, 0.2) is 67.0 Å². The number of hydrogen-bond acceptors (Lipinski definition) is 2. The lowest BCUT2D eigenvalue weighted by Crippen LogP contribution is -2.11. The van der Waals surface area contributed by atoms with Gasteiger partial charge in [0.2, 0.25) is 0 Å². The maximum Gasteiger partial charge on any atom is 0.255 e. The third-order valence-corrected chi connectivity index (χ3v) is 3.99. The number of aryl methyl sites for hydroxylation is 3. The molecule has 3 rings (SSSR count). The maximum atomic E-state index is 12.3. The van der Waals surface area contributed by atoms with Gasteiger partial charge >= 0.3 is 0 Å². The lowest BCUT2D eigenvalue weighted by molar-refractivity contribution is 0.102. The number of aromatic nitrogens is 2. The van der Waals surface area contributed by atoms with E-state index in [1.54, 1.807) is 6.20 Å². The van der Waals surface area contributed by atoms with Crippen molar-refractivity contribution in [1.82, 2.24) is 9.78 Å². The first-order valence-electron chi connectivity index (χ1n) is 8.21. The zero-order chi connectivity index (χ0) is 16.8. The monoisotopic (exact) mass is 319 g/mol. The van der Waals surface area contributed by atoms with Gasteiger partial charge in [0.25, 0.3) is 5.91 Å². The van der Waals surface area contributed by atoms with E-state index in [2.05, 4.69) is 29.5 Å². The minimum Gasteiger partial charge on any atom is -0.319 e. The number of nitrogens with zero attached hydrogens (tertiary/aromatic N) is 2. The molecule has 0 spiro atoms. The second kappa shape index (κ2) is 7.59. The van der Waals surface area contributed by atoms with Gasteiger partial charge in [-0.3, -0.25) is 9.48 Å². The van der Waals surface area contributed by atoms with E-state index in [-0.39, 0.29) is 5.91 Å². The van der Waals surface area contributed by atoms with E-state index >= 15 is 0 Å². The molecule has 0 fully saturated rings. The number of benzene rings is 2. The highest BCUT2D eigenvalue weighted by molar-refractivity contribution is 6.04. The van der Waals surface area contributed by atoms with Crippen molar-refractivity contribution < 1.29 is 4.79 Å². The Balaban J connectivity index is 1.57. The minimum absolute atomic E-state index is 0.111. The number of carbonyl (C=O) groups excluding carboxylic acids is 1. The van der Waals surface area contributed by atoms with Crippen LogP contribution < -0.4 is 5.32 Å². The van der Waals surface area contributed by atoms with Crippen molar-refractivity contribution in [3.05, 3.63) is 83.7 Å². The Labute approximate surface area is 142 Å². The summed E-state index contributed by atoms with van der Waals surface area (Å²) in [5.41, 5.74) is 3.87. The molecule has 0 aliphatic heterocycles. The average molecular weight is 319 g/mol. The molecule has 1 N–H and O–H groups in total. The third-order valence-electron chi connectivity index (χ3n) is 3.99. The predicted molar refractivity (Wildman–Crippen MR) is 96.1 cm³/mol. The van der Waals surface area contributed by atoms with Crippen LogP contribution in [0, 0.1) is 0 Å². The van der Waals surface area contributed by atoms with Crippen LogP contribution in [0.3, 0.4) is 0 Å². The Morgan fingerprint density at radius 1 is 1.04 bits per heavy atom. The molecule has 0 bridgehead atoms. The van der Waals surface area contributed by atoms with E-state index in [9.17, 15) is 4.79 Å². The van der Waals surface area contributed by atoms with Crippen LogP contribution in [-0.4, -0.2) is 15.7 Å². The Hall–Kier alpha value is -2.88. The van der Waals surface area contributed by atoms with E-state index in [1.165, 1.54) is 11.1 Å². The number of anilines is 1. The molecular weight excluding hydrogens is 298 g/mol. The molecule has 0 radical (unpaired) electrons. The summed E-state index contributed by atoms with van der Waals surface area (Å²) in [6.07, 6.45) is 5.43. The van der Waals surface area contributed by atoms with E-state index in [1.807, 2.05) is 53.3 Å². The number of amides is 1. The van der Waals surface area contributed by atoms with Crippen molar-refractivity contribution in [3.63, 3.8) is 0 Å². The molecule has 1 amide bonds. The van der Waals surface area contributed by atoms with Crippen LogP contribution >= 0.6 is 0 Å². The fraction of sp³-hybridized carbons (Fsp3) is 0.200. The SMILES string of the molecule is CCc1ccc(C(=O)Nc2cnn(CCc3ccccc3)c2)cc1. The number of hydrogen-bond donors (Lipinski definition) is 1. The van der Waals surface area contributed by atoms with Gasteiger partial charge in [-0.05, 0) is 36.1 Å². The summed E-state index contributed by atoms with van der Waals surface area (Å²) in [4.78, 5) is 12.3. The summed E-state index contributed by atoms with van der Waals surface area (Å²) >= 11 is 0. The van der Waals surface area contributed by atoms with Crippen molar-refractivity contribution >= 4 is 11.6 Å². The van der Waals surface area contributed by atoms with Crippen LogP contribution in [-0.2, 0) is 19.4 Å². The molecule has 122 valence electrons. The molecule has 4 heteroatoms. The average Bonchev–Trinajstić information content (AvgIpc) is 3.08. The van der Waals surface area contributed by atoms with Crippen LogP contribution in [0.2, 0.25) is 0 Å². The Morgan fingerprint density at radius 3 is 2.50 bits per heavy atom. The van der Waals surface area contributed by atoms with Gasteiger partial charge in [0, 0.05) is 18.3 Å². The molecular formula is C20H21N3O. The van der Waals surface area contributed by atoms with Crippen molar-refractivity contribution in [1.29, 1.82) is 0 Å². The first-order valence-corrected chi connectivity index (χ1v) is 8.21. The van der Waals surface area contributed by atoms with Gasteiger partial charge in [-0.2, -0.15) is 5.10 Å². The highest BCUT2D eigenvalue weighted by atomic mass is 16.1. The van der Waals surface area contributed by atoms with Crippen molar-refractivity contribution in [2.24, 2.45) is 0 Å². The van der Waals surface area contributed by atoms with Crippen LogP contribution in [0.4, 0.5) is 5.69 Å². The molecule has 3 aromatic rings. The van der Waals surface area contributed by atoms with Gasteiger partial charge in [-0.15, -0.1) is 0 Å². The summed E-state index contributed by atoms with van der Waals surface area (Å²) in [5, 5.41) is 7.20. The topological polar surface area (TPSA) is 46.9 Å². The molecule has 1 aromatic heterocycles. The smallest absolute Gasteiger partial charge is 0.255 e. The standard InChI is InChI=1S/C20H21N3O/c1-2-16-8-10-18(11-9-16)20(24)22-19-14-21-23(15-19)13-12-17-6-4-3-5-7-17/h3-11,14-15H,2,12-13H2,1H3,(H,22,24). The Kier molecular flexibility index (Phi) is 5.06. The summed E-state index contributed by atoms with van der Waals surface area (Å²) in [5.74, 6) is -0.111. The molecule has 0 saturated carbocycles. The van der Waals surface area contributed by atoms with Gasteiger partial charge in [0.15, 0.2) is 0 Å². The largest absolute Gasteiger partial charge is 0.319 e. The molecule has 1 heterocycles. The summed E-state index contributed by atoms with van der Waals surface area (Å²) in [6.45, 7) is 2.88. The first-order chi connectivity index (χ1) is 11.7. The second-order valence-electron chi connectivity index (χ2n) is 5.73. The quantitative estimate of drug-likeness (QED) is 0.748. The molecule has 2 aromatic carbocycles. The van der Waals surface area contributed by atoms with Crippen LogP contribution in [0.1, 0.15) is 28.4 Å². The first kappa shape index (κ1) is 16.0. The van der Waals surface area contributed by atoms with Gasteiger partial charge in [-0.25, -0.2) is 0 Å². The van der Waals surface area contributed by atoms with E-state index in [0.29, 0.717) is 11.3 Å². The van der Waals surface area contributed by atoms with E-state index in [4.69, 9.17) is 0 Å². The lowest BCUT2D eigenvalue weighted by Gasteiger charge is -2.04. The second-order valence-corrected chi connectivity index (χ2v) is 5.73. The van der Waals surface area contributed by atoms with Crippen molar-refractivity contribution in [2.75, 3.05) is 5.32 Å². The van der Waals surface area contributed by atoms with E-state index in [0.717, 1.165) is 19.4 Å². The maximum absolute atomic E-state index is 12.3. The van der Waals surface area contributed by atoms with Gasteiger partial charge in [0.1, 0.15) is 0 Å². The van der Waals surface area contributed by atoms with Gasteiger partial charge in [-0.1, -0.05) is 49.4 Å². The van der Waals surface area contributed by atoms with E-state index < -0.39 is 0 Å². The fourth-order valence-corrected chi connectivity index (χ4v) is 2.53. The zero-order valence-electron chi connectivity index (χ0n) is 13.8.